The lowest BCUT2D eigenvalue weighted by Gasteiger charge is -2.26. The minimum absolute atomic E-state index is 0.472. The van der Waals surface area contributed by atoms with Crippen LogP contribution < -0.4 is 5.73 Å². The zero-order chi connectivity index (χ0) is 13.7. The molecule has 2 N–H and O–H groups in total. The maximum Gasteiger partial charge on any atom is 0.0545 e. The largest absolute Gasteiger partial charge is 0.397 e. The highest BCUT2D eigenvalue weighted by Gasteiger charge is 2.11. The Hall–Kier alpha value is -1.87. The average molecular weight is 255 g/mol. The van der Waals surface area contributed by atoms with Gasteiger partial charge in [0.1, 0.15) is 0 Å². The monoisotopic (exact) mass is 255 g/mol. The van der Waals surface area contributed by atoms with Crippen LogP contribution in [0.4, 0.5) is 5.69 Å². The van der Waals surface area contributed by atoms with E-state index >= 15 is 0 Å². The van der Waals surface area contributed by atoms with Gasteiger partial charge < -0.3 is 5.73 Å². The molecule has 1 aromatic heterocycles. The van der Waals surface area contributed by atoms with Gasteiger partial charge in [0.05, 0.1) is 17.6 Å². The highest BCUT2D eigenvalue weighted by atomic mass is 15.1. The molecule has 100 valence electrons. The average Bonchev–Trinajstić information content (AvgIpc) is 2.41. The van der Waals surface area contributed by atoms with E-state index in [9.17, 15) is 0 Å². The molecule has 0 unspecified atom stereocenters. The second-order valence-corrected chi connectivity index (χ2v) is 5.07. The van der Waals surface area contributed by atoms with E-state index < -0.39 is 0 Å². The van der Waals surface area contributed by atoms with E-state index in [2.05, 4.69) is 48.0 Å². The van der Waals surface area contributed by atoms with Gasteiger partial charge >= 0.3 is 0 Å². The maximum absolute atomic E-state index is 5.66. The van der Waals surface area contributed by atoms with Crippen molar-refractivity contribution in [2.45, 2.75) is 33.0 Å². The molecule has 19 heavy (non-hydrogen) atoms. The molecular formula is C16H21N3. The van der Waals surface area contributed by atoms with E-state index in [-0.39, 0.29) is 0 Å². The molecular weight excluding hydrogens is 234 g/mol. The predicted octanol–water partition coefficient (Wildman–Crippen LogP) is 3.07. The zero-order valence-corrected chi connectivity index (χ0v) is 11.6. The fraction of sp³-hybridized carbons (Fsp3) is 0.312. The lowest BCUT2D eigenvalue weighted by molar-refractivity contribution is 0.201. The molecule has 0 spiro atoms. The van der Waals surface area contributed by atoms with E-state index in [0.29, 0.717) is 11.7 Å². The second kappa shape index (κ2) is 6.34. The van der Waals surface area contributed by atoms with Crippen LogP contribution >= 0.6 is 0 Å². The molecule has 0 radical (unpaired) electrons. The number of nitrogen functional groups attached to an aromatic ring is 1. The summed E-state index contributed by atoms with van der Waals surface area (Å²) < 4.78 is 0. The third-order valence-corrected chi connectivity index (χ3v) is 3.17. The Labute approximate surface area is 115 Å². The minimum atomic E-state index is 0.472. The van der Waals surface area contributed by atoms with Crippen LogP contribution in [0.1, 0.15) is 25.1 Å². The molecule has 0 atom stereocenters. The quantitative estimate of drug-likeness (QED) is 0.892. The Morgan fingerprint density at radius 2 is 1.79 bits per heavy atom. The van der Waals surface area contributed by atoms with E-state index in [1.165, 1.54) is 5.56 Å². The highest BCUT2D eigenvalue weighted by Crippen LogP contribution is 2.12. The SMILES string of the molecule is CC(C)N(Cc1ccccc1)Cc1ccc(N)cn1. The molecule has 0 fully saturated rings. The molecule has 0 aliphatic rings. The molecule has 0 amide bonds. The van der Waals surface area contributed by atoms with E-state index in [1.807, 2.05) is 18.2 Å². The number of nitrogens with zero attached hydrogens (tertiary/aromatic N) is 2. The van der Waals surface area contributed by atoms with Gasteiger partial charge in [0, 0.05) is 19.1 Å². The Kier molecular flexibility index (Phi) is 4.53. The van der Waals surface area contributed by atoms with Crippen molar-refractivity contribution in [3.63, 3.8) is 0 Å². The van der Waals surface area contributed by atoms with Gasteiger partial charge in [0.25, 0.3) is 0 Å². The van der Waals surface area contributed by atoms with Crippen molar-refractivity contribution < 1.29 is 0 Å². The Morgan fingerprint density at radius 1 is 1.05 bits per heavy atom. The molecule has 1 aromatic carbocycles. The van der Waals surface area contributed by atoms with Crippen LogP contribution in [0.25, 0.3) is 0 Å². The van der Waals surface area contributed by atoms with Crippen molar-refractivity contribution in [2.75, 3.05) is 5.73 Å². The van der Waals surface area contributed by atoms with Crippen molar-refractivity contribution in [1.82, 2.24) is 9.88 Å². The zero-order valence-electron chi connectivity index (χ0n) is 11.6. The molecule has 3 heteroatoms. The summed E-state index contributed by atoms with van der Waals surface area (Å²) in [5, 5.41) is 0. The summed E-state index contributed by atoms with van der Waals surface area (Å²) in [7, 11) is 0. The molecule has 1 heterocycles. The molecule has 2 rings (SSSR count). The third-order valence-electron chi connectivity index (χ3n) is 3.17. The fourth-order valence-electron chi connectivity index (χ4n) is 1.98. The van der Waals surface area contributed by atoms with Crippen LogP contribution in [-0.4, -0.2) is 15.9 Å². The van der Waals surface area contributed by atoms with Crippen molar-refractivity contribution in [1.29, 1.82) is 0 Å². The summed E-state index contributed by atoms with van der Waals surface area (Å²) in [6.45, 7) is 6.19. The molecule has 0 aliphatic carbocycles. The number of anilines is 1. The fourth-order valence-corrected chi connectivity index (χ4v) is 1.98. The molecule has 0 bridgehead atoms. The number of aromatic nitrogens is 1. The molecule has 3 nitrogen and oxygen atoms in total. The van der Waals surface area contributed by atoms with Gasteiger partial charge in [0.15, 0.2) is 0 Å². The summed E-state index contributed by atoms with van der Waals surface area (Å²) in [5.74, 6) is 0. The van der Waals surface area contributed by atoms with Gasteiger partial charge in [0.2, 0.25) is 0 Å². The van der Waals surface area contributed by atoms with Gasteiger partial charge in [-0.1, -0.05) is 30.3 Å². The first kappa shape index (κ1) is 13.6. The van der Waals surface area contributed by atoms with Crippen molar-refractivity contribution in [2.24, 2.45) is 0 Å². The smallest absolute Gasteiger partial charge is 0.0545 e. The predicted molar refractivity (Wildman–Crippen MR) is 79.5 cm³/mol. The Balaban J connectivity index is 2.06. The summed E-state index contributed by atoms with van der Waals surface area (Å²) in [6, 6.07) is 14.9. The van der Waals surface area contributed by atoms with Crippen LogP contribution in [0, 0.1) is 0 Å². The van der Waals surface area contributed by atoms with Crippen molar-refractivity contribution in [3.05, 3.63) is 59.9 Å². The summed E-state index contributed by atoms with van der Waals surface area (Å²) >= 11 is 0. The van der Waals surface area contributed by atoms with Crippen LogP contribution in [-0.2, 0) is 13.1 Å². The summed E-state index contributed by atoms with van der Waals surface area (Å²) in [6.07, 6.45) is 1.72. The van der Waals surface area contributed by atoms with Gasteiger partial charge in [-0.2, -0.15) is 0 Å². The lowest BCUT2D eigenvalue weighted by Crippen LogP contribution is -2.30. The first-order valence-electron chi connectivity index (χ1n) is 6.63. The van der Waals surface area contributed by atoms with Crippen molar-refractivity contribution in [3.8, 4) is 0 Å². The Morgan fingerprint density at radius 3 is 2.37 bits per heavy atom. The molecule has 0 saturated heterocycles. The highest BCUT2D eigenvalue weighted by molar-refractivity contribution is 5.34. The lowest BCUT2D eigenvalue weighted by atomic mass is 10.2. The number of hydrogen-bond acceptors (Lipinski definition) is 3. The molecule has 0 saturated carbocycles. The normalized spacial score (nSPS) is 11.2. The number of rotatable bonds is 5. The summed E-state index contributed by atoms with van der Waals surface area (Å²) in [4.78, 5) is 6.77. The van der Waals surface area contributed by atoms with Gasteiger partial charge in [-0.25, -0.2) is 0 Å². The topological polar surface area (TPSA) is 42.1 Å². The van der Waals surface area contributed by atoms with E-state index in [4.69, 9.17) is 5.73 Å². The van der Waals surface area contributed by atoms with E-state index in [0.717, 1.165) is 18.8 Å². The van der Waals surface area contributed by atoms with Gasteiger partial charge in [-0.15, -0.1) is 0 Å². The first-order valence-corrected chi connectivity index (χ1v) is 6.63. The second-order valence-electron chi connectivity index (χ2n) is 5.07. The van der Waals surface area contributed by atoms with Crippen LogP contribution in [0.3, 0.4) is 0 Å². The minimum Gasteiger partial charge on any atom is -0.397 e. The molecule has 0 aliphatic heterocycles. The Bertz CT molecular complexity index is 491. The number of pyridine rings is 1. The number of benzene rings is 1. The number of nitrogens with two attached hydrogens (primary N) is 1. The third kappa shape index (κ3) is 4.07. The van der Waals surface area contributed by atoms with Crippen LogP contribution in [0.2, 0.25) is 0 Å². The maximum atomic E-state index is 5.66. The van der Waals surface area contributed by atoms with Gasteiger partial charge in [-0.3, -0.25) is 9.88 Å². The first-order chi connectivity index (χ1) is 9.15. The van der Waals surface area contributed by atoms with Crippen LogP contribution in [0.15, 0.2) is 48.7 Å². The molecule has 2 aromatic rings. The standard InChI is InChI=1S/C16H21N3/c1-13(2)19(11-14-6-4-3-5-7-14)12-16-9-8-15(17)10-18-16/h3-10,13H,11-12,17H2,1-2H3. The van der Waals surface area contributed by atoms with Crippen LogP contribution in [0.5, 0.6) is 0 Å². The van der Waals surface area contributed by atoms with Crippen molar-refractivity contribution >= 4 is 5.69 Å². The van der Waals surface area contributed by atoms with E-state index in [1.54, 1.807) is 6.20 Å². The summed E-state index contributed by atoms with van der Waals surface area (Å²) in [5.41, 5.74) is 8.76. The number of hydrogen-bond donors (Lipinski definition) is 1. The van der Waals surface area contributed by atoms with Gasteiger partial charge in [-0.05, 0) is 31.5 Å².